The van der Waals surface area contributed by atoms with Gasteiger partial charge in [0.2, 0.25) is 0 Å². The van der Waals surface area contributed by atoms with Gasteiger partial charge >= 0.3 is 5.97 Å². The Labute approximate surface area is 111 Å². The van der Waals surface area contributed by atoms with Crippen LogP contribution < -0.4 is 5.01 Å². The van der Waals surface area contributed by atoms with Crippen LogP contribution in [0, 0.1) is 5.41 Å². The minimum absolute atomic E-state index is 0.0512. The maximum Gasteiger partial charge on any atom is 0.305 e. The van der Waals surface area contributed by atoms with Gasteiger partial charge in [0.25, 0.3) is 0 Å². The molecule has 1 aromatic carbocycles. The van der Waals surface area contributed by atoms with Crippen molar-refractivity contribution in [2.24, 2.45) is 10.5 Å². The number of anilines is 1. The number of aliphatic carboxylic acids is 1. The number of nitrogens with zero attached hydrogens (tertiary/aromatic N) is 2. The predicted octanol–water partition coefficient (Wildman–Crippen LogP) is 3.02. The molecule has 96 valence electrons. The molecule has 1 unspecified atom stereocenters. The summed E-state index contributed by atoms with van der Waals surface area (Å²) in [6.45, 7) is 3.97. The summed E-state index contributed by atoms with van der Waals surface area (Å²) in [6, 6.07) is 7.05. The molecule has 5 heteroatoms. The van der Waals surface area contributed by atoms with Crippen LogP contribution in [0.2, 0.25) is 5.02 Å². The van der Waals surface area contributed by atoms with Gasteiger partial charge in [-0.05, 0) is 24.3 Å². The molecule has 0 spiro atoms. The van der Waals surface area contributed by atoms with Crippen molar-refractivity contribution in [2.75, 3.05) is 5.01 Å². The first-order valence-corrected chi connectivity index (χ1v) is 6.10. The van der Waals surface area contributed by atoms with Gasteiger partial charge in [0.05, 0.1) is 18.2 Å². The van der Waals surface area contributed by atoms with Gasteiger partial charge in [0.1, 0.15) is 0 Å². The lowest BCUT2D eigenvalue weighted by Crippen LogP contribution is -2.39. The molecule has 2 rings (SSSR count). The fourth-order valence-corrected chi connectivity index (χ4v) is 2.17. The Morgan fingerprint density at radius 3 is 2.61 bits per heavy atom. The average Bonchev–Trinajstić information content (AvgIpc) is 2.56. The maximum absolute atomic E-state index is 11.0. The monoisotopic (exact) mass is 266 g/mol. The van der Waals surface area contributed by atoms with Gasteiger partial charge in [-0.2, -0.15) is 5.10 Å². The molecular weight excluding hydrogens is 252 g/mol. The lowest BCUT2D eigenvalue weighted by Gasteiger charge is -2.30. The second kappa shape index (κ2) is 4.61. The molecule has 1 N–H and O–H groups in total. The average molecular weight is 267 g/mol. The zero-order valence-electron chi connectivity index (χ0n) is 10.3. The number of halogens is 1. The molecule has 0 radical (unpaired) electrons. The van der Waals surface area contributed by atoms with E-state index in [-0.39, 0.29) is 17.9 Å². The summed E-state index contributed by atoms with van der Waals surface area (Å²) < 4.78 is 0. The minimum atomic E-state index is -0.822. The molecule has 4 nitrogen and oxygen atoms in total. The molecule has 1 aliphatic heterocycles. The Morgan fingerprint density at radius 1 is 1.44 bits per heavy atom. The largest absolute Gasteiger partial charge is 0.481 e. The number of benzene rings is 1. The van der Waals surface area contributed by atoms with Crippen molar-refractivity contribution in [3.63, 3.8) is 0 Å². The molecule has 0 saturated heterocycles. The number of hydrogen-bond acceptors (Lipinski definition) is 3. The van der Waals surface area contributed by atoms with Crippen molar-refractivity contribution < 1.29 is 9.90 Å². The second-order valence-corrected chi connectivity index (χ2v) is 5.44. The number of carboxylic acid groups (broad SMARTS) is 1. The zero-order valence-corrected chi connectivity index (χ0v) is 11.1. The van der Waals surface area contributed by atoms with E-state index in [4.69, 9.17) is 16.7 Å². The highest BCUT2D eigenvalue weighted by Gasteiger charge is 2.39. The van der Waals surface area contributed by atoms with Crippen molar-refractivity contribution in [1.82, 2.24) is 0 Å². The van der Waals surface area contributed by atoms with E-state index in [9.17, 15) is 4.79 Å². The Morgan fingerprint density at radius 2 is 2.06 bits per heavy atom. The number of rotatable bonds is 3. The van der Waals surface area contributed by atoms with Gasteiger partial charge in [-0.3, -0.25) is 9.80 Å². The van der Waals surface area contributed by atoms with Crippen LogP contribution in [0.5, 0.6) is 0 Å². The third-order valence-corrected chi connectivity index (χ3v) is 3.38. The first kappa shape index (κ1) is 12.9. The fourth-order valence-electron chi connectivity index (χ4n) is 2.05. The summed E-state index contributed by atoms with van der Waals surface area (Å²) in [5.74, 6) is -0.822. The molecule has 0 aromatic heterocycles. The summed E-state index contributed by atoms with van der Waals surface area (Å²) >= 11 is 5.84. The number of carboxylic acids is 1. The van der Waals surface area contributed by atoms with Crippen molar-refractivity contribution in [2.45, 2.75) is 26.3 Å². The zero-order chi connectivity index (χ0) is 13.3. The normalized spacial score (nSPS) is 21.3. The SMILES string of the molecule is CC1(C)C=NN(c2ccc(Cl)cc2)C1CC(=O)O. The Bertz CT molecular complexity index is 482. The van der Waals surface area contributed by atoms with Gasteiger partial charge in [0, 0.05) is 16.7 Å². The molecule has 0 aliphatic carbocycles. The van der Waals surface area contributed by atoms with Crippen LogP contribution >= 0.6 is 11.6 Å². The van der Waals surface area contributed by atoms with Crippen molar-refractivity contribution in [1.29, 1.82) is 0 Å². The molecule has 1 atom stereocenters. The summed E-state index contributed by atoms with van der Waals surface area (Å²) in [4.78, 5) is 11.0. The highest BCUT2D eigenvalue weighted by atomic mass is 35.5. The predicted molar refractivity (Wildman–Crippen MR) is 72.2 cm³/mol. The lowest BCUT2D eigenvalue weighted by atomic mass is 9.84. The molecule has 0 fully saturated rings. The van der Waals surface area contributed by atoms with E-state index in [0.717, 1.165) is 5.69 Å². The van der Waals surface area contributed by atoms with Gasteiger partial charge in [-0.1, -0.05) is 25.4 Å². The second-order valence-electron chi connectivity index (χ2n) is 5.00. The van der Waals surface area contributed by atoms with E-state index in [1.54, 1.807) is 23.4 Å². The van der Waals surface area contributed by atoms with E-state index in [2.05, 4.69) is 5.10 Å². The van der Waals surface area contributed by atoms with Crippen LogP contribution in [-0.2, 0) is 4.79 Å². The molecule has 1 aromatic rings. The standard InChI is InChI=1S/C13H15ClN2O2/c1-13(2)8-15-16(11(13)7-12(17)18)10-5-3-9(14)4-6-10/h3-6,8,11H,7H2,1-2H3,(H,17,18). The summed E-state index contributed by atoms with van der Waals surface area (Å²) in [6.07, 6.45) is 1.85. The summed E-state index contributed by atoms with van der Waals surface area (Å²) in [7, 11) is 0. The number of hydrogen-bond donors (Lipinski definition) is 1. The molecule has 1 aliphatic rings. The van der Waals surface area contributed by atoms with Crippen LogP contribution in [0.4, 0.5) is 5.69 Å². The van der Waals surface area contributed by atoms with E-state index in [0.29, 0.717) is 5.02 Å². The third kappa shape index (κ3) is 2.48. The van der Waals surface area contributed by atoms with Gasteiger partial charge in [-0.15, -0.1) is 0 Å². The van der Waals surface area contributed by atoms with E-state index in [1.807, 2.05) is 26.0 Å². The van der Waals surface area contributed by atoms with Crippen molar-refractivity contribution >= 4 is 29.5 Å². The quantitative estimate of drug-likeness (QED) is 0.915. The molecule has 1 heterocycles. The number of hydrazone groups is 1. The van der Waals surface area contributed by atoms with Crippen LogP contribution in [-0.4, -0.2) is 23.3 Å². The van der Waals surface area contributed by atoms with Crippen molar-refractivity contribution in [3.05, 3.63) is 29.3 Å². The molecule has 18 heavy (non-hydrogen) atoms. The first-order chi connectivity index (χ1) is 8.40. The Balaban J connectivity index is 2.29. The van der Waals surface area contributed by atoms with Crippen LogP contribution in [0.1, 0.15) is 20.3 Å². The van der Waals surface area contributed by atoms with Crippen LogP contribution in [0.15, 0.2) is 29.4 Å². The van der Waals surface area contributed by atoms with E-state index >= 15 is 0 Å². The third-order valence-electron chi connectivity index (χ3n) is 3.13. The van der Waals surface area contributed by atoms with Crippen LogP contribution in [0.25, 0.3) is 0 Å². The van der Waals surface area contributed by atoms with Gasteiger partial charge in [-0.25, -0.2) is 0 Å². The van der Waals surface area contributed by atoms with Crippen molar-refractivity contribution in [3.8, 4) is 0 Å². The summed E-state index contributed by atoms with van der Waals surface area (Å²) in [5.41, 5.74) is 0.588. The van der Waals surface area contributed by atoms with E-state index < -0.39 is 5.97 Å². The summed E-state index contributed by atoms with van der Waals surface area (Å²) in [5, 5.41) is 15.7. The highest BCUT2D eigenvalue weighted by molar-refractivity contribution is 6.30. The highest BCUT2D eigenvalue weighted by Crippen LogP contribution is 2.35. The molecule has 0 saturated carbocycles. The van der Waals surface area contributed by atoms with E-state index in [1.165, 1.54) is 0 Å². The minimum Gasteiger partial charge on any atom is -0.481 e. The Kier molecular flexibility index (Phi) is 3.30. The van der Waals surface area contributed by atoms with Crippen LogP contribution in [0.3, 0.4) is 0 Å². The topological polar surface area (TPSA) is 52.9 Å². The maximum atomic E-state index is 11.0. The Hall–Kier alpha value is -1.55. The van der Waals surface area contributed by atoms with Gasteiger partial charge in [0.15, 0.2) is 0 Å². The van der Waals surface area contributed by atoms with Gasteiger partial charge < -0.3 is 5.11 Å². The molecule has 0 bridgehead atoms. The molecule has 0 amide bonds. The fraction of sp³-hybridized carbons (Fsp3) is 0.385. The smallest absolute Gasteiger partial charge is 0.305 e. The molecular formula is C13H15ClN2O2. The lowest BCUT2D eigenvalue weighted by molar-refractivity contribution is -0.137. The first-order valence-electron chi connectivity index (χ1n) is 5.72. The number of carbonyl (C=O) groups is 1.